The molecular formula is C38H35ClN4O5S2. The summed E-state index contributed by atoms with van der Waals surface area (Å²) in [6, 6.07) is 24.7. The molecule has 3 amide bonds. The van der Waals surface area contributed by atoms with Gasteiger partial charge in [-0.1, -0.05) is 65.4 Å². The number of rotatable bonds is 11. The van der Waals surface area contributed by atoms with Gasteiger partial charge in [0.15, 0.2) is 0 Å². The summed E-state index contributed by atoms with van der Waals surface area (Å²) in [5, 5.41) is 18.0. The highest BCUT2D eigenvalue weighted by atomic mass is 35.5. The molecule has 7 rings (SSSR count). The van der Waals surface area contributed by atoms with Crippen LogP contribution in [0.3, 0.4) is 0 Å². The molecule has 256 valence electrons. The quantitative estimate of drug-likeness (QED) is 0.0792. The molecule has 5 aromatic rings. The van der Waals surface area contributed by atoms with Crippen LogP contribution in [0.2, 0.25) is 0 Å². The van der Waals surface area contributed by atoms with Crippen LogP contribution in [0.15, 0.2) is 90.1 Å². The van der Waals surface area contributed by atoms with E-state index in [2.05, 4.69) is 10.3 Å². The van der Waals surface area contributed by atoms with Crippen molar-refractivity contribution in [2.24, 2.45) is 0 Å². The number of pyridine rings is 1. The molecule has 0 spiro atoms. The number of amides is 3. The molecule has 0 radical (unpaired) electrons. The zero-order valence-corrected chi connectivity index (χ0v) is 29.5. The third-order valence-electron chi connectivity index (χ3n) is 9.14. The van der Waals surface area contributed by atoms with Crippen LogP contribution in [0, 0.1) is 0 Å². The van der Waals surface area contributed by atoms with E-state index in [0.717, 1.165) is 43.4 Å². The van der Waals surface area contributed by atoms with Crippen LogP contribution >= 0.6 is 33.2 Å². The van der Waals surface area contributed by atoms with Gasteiger partial charge in [-0.3, -0.25) is 14.9 Å². The van der Waals surface area contributed by atoms with E-state index in [-0.39, 0.29) is 42.9 Å². The van der Waals surface area contributed by atoms with Gasteiger partial charge in [0.25, 0.3) is 0 Å². The monoisotopic (exact) mass is 726 g/mol. The van der Waals surface area contributed by atoms with Crippen molar-refractivity contribution in [3.63, 3.8) is 0 Å². The summed E-state index contributed by atoms with van der Waals surface area (Å²) in [5.41, 5.74) is 4.06. The number of fused-ring (bicyclic) bond motifs is 6. The van der Waals surface area contributed by atoms with E-state index in [9.17, 15) is 19.5 Å². The molecule has 0 saturated carbocycles. The van der Waals surface area contributed by atoms with Crippen molar-refractivity contribution in [2.45, 2.75) is 36.6 Å². The number of hydrogen-bond donors (Lipinski definition) is 2. The number of carbonyl (C=O) groups is 3. The molecule has 0 bridgehead atoms. The number of ether oxygens (including phenoxy) is 1. The third-order valence-corrected chi connectivity index (χ3v) is 11.7. The first-order valence-corrected chi connectivity index (χ1v) is 19.4. The first-order chi connectivity index (χ1) is 24.4. The minimum Gasteiger partial charge on any atom is -0.507 e. The molecule has 2 N–H and O–H groups in total. The van der Waals surface area contributed by atoms with Crippen LogP contribution in [0.25, 0.3) is 21.5 Å². The van der Waals surface area contributed by atoms with Crippen LogP contribution < -0.4 is 15.1 Å². The predicted molar refractivity (Wildman–Crippen MR) is 203 cm³/mol. The largest absolute Gasteiger partial charge is 0.507 e. The number of aromatic hydroxyl groups is 1. The second-order valence-electron chi connectivity index (χ2n) is 12.2. The van der Waals surface area contributed by atoms with Gasteiger partial charge in [-0.2, -0.15) is 0 Å². The number of alkyl halides is 1. The molecule has 2 aliphatic rings. The van der Waals surface area contributed by atoms with Crippen LogP contribution in [0.4, 0.5) is 21.9 Å². The number of nitrogens with one attached hydrogen (secondary N) is 1. The second-order valence-corrected chi connectivity index (χ2v) is 14.9. The second kappa shape index (κ2) is 15.2. The van der Waals surface area contributed by atoms with E-state index in [1.165, 1.54) is 10.8 Å². The van der Waals surface area contributed by atoms with Crippen LogP contribution in [0.5, 0.6) is 5.75 Å². The summed E-state index contributed by atoms with van der Waals surface area (Å²) < 4.78 is 5.47. The van der Waals surface area contributed by atoms with Gasteiger partial charge in [0.1, 0.15) is 17.4 Å². The Morgan fingerprint density at radius 3 is 2.38 bits per heavy atom. The van der Waals surface area contributed by atoms with Crippen molar-refractivity contribution >= 4 is 89.7 Å². The number of nitrogens with zero attached hydrogens (tertiary/aromatic N) is 3. The van der Waals surface area contributed by atoms with Gasteiger partial charge >= 0.3 is 6.09 Å². The molecule has 0 saturated heterocycles. The lowest BCUT2D eigenvalue weighted by Gasteiger charge is -2.21. The number of hydrogen-bond acceptors (Lipinski definition) is 8. The average molecular weight is 727 g/mol. The van der Waals surface area contributed by atoms with Crippen LogP contribution in [0.1, 0.15) is 36.3 Å². The summed E-state index contributed by atoms with van der Waals surface area (Å²) in [7, 11) is 3.08. The van der Waals surface area contributed by atoms with Crippen molar-refractivity contribution in [3.8, 4) is 5.75 Å². The SMILES string of the molecule is O=C(Nc1cc2c(c3ccccc13)CCN2C(=O)CCCC(=O)N1C[C@@H](CCl)c2c1cc(O)c1ccccc21)OCCSSc1ccccn1. The highest BCUT2D eigenvalue weighted by Gasteiger charge is 2.34. The Morgan fingerprint density at radius 2 is 1.62 bits per heavy atom. The summed E-state index contributed by atoms with van der Waals surface area (Å²) in [6.45, 7) is 1.19. The van der Waals surface area contributed by atoms with Crippen molar-refractivity contribution in [1.29, 1.82) is 0 Å². The Kier molecular flexibility index (Phi) is 10.3. The lowest BCUT2D eigenvalue weighted by atomic mass is 9.95. The van der Waals surface area contributed by atoms with E-state index in [1.807, 2.05) is 72.8 Å². The Labute approximate surface area is 302 Å². The fourth-order valence-corrected chi connectivity index (χ4v) is 8.85. The molecule has 2 aliphatic heterocycles. The van der Waals surface area contributed by atoms with Crippen LogP contribution in [-0.4, -0.2) is 59.3 Å². The number of carbonyl (C=O) groups excluding carboxylic acids is 3. The Balaban J connectivity index is 0.985. The number of anilines is 3. The molecule has 50 heavy (non-hydrogen) atoms. The first kappa shape index (κ1) is 34.0. The smallest absolute Gasteiger partial charge is 0.411 e. The molecular weight excluding hydrogens is 692 g/mol. The van der Waals surface area contributed by atoms with Gasteiger partial charge in [-0.15, -0.1) is 11.6 Å². The van der Waals surface area contributed by atoms with E-state index in [1.54, 1.807) is 32.9 Å². The van der Waals surface area contributed by atoms with Crippen molar-refractivity contribution in [2.75, 3.05) is 46.4 Å². The molecule has 9 nitrogen and oxygen atoms in total. The Hall–Kier alpha value is -4.45. The van der Waals surface area contributed by atoms with Crippen molar-refractivity contribution < 1.29 is 24.2 Å². The number of halogens is 1. The van der Waals surface area contributed by atoms with Gasteiger partial charge in [0, 0.05) is 72.2 Å². The standard InChI is InChI=1S/C38H35ClN4O5S2/c39-22-24-23-43(32-21-33(44)28-10-3-4-11-29(28)37(24)32)36(46)14-7-13-35(45)42-17-15-27-25-8-1-2-9-26(25)30(20-31(27)42)41-38(47)48-18-19-49-50-34-12-5-6-16-40-34/h1-6,8-12,16,20-21,24,44H,7,13-15,17-19,22-23H2,(H,41,47)/t24-/m1/s1. The molecule has 3 heterocycles. The van der Waals surface area contributed by atoms with E-state index >= 15 is 0 Å². The molecule has 4 aromatic carbocycles. The van der Waals surface area contributed by atoms with Crippen molar-refractivity contribution in [3.05, 3.63) is 96.2 Å². The average Bonchev–Trinajstić information content (AvgIpc) is 3.74. The lowest BCUT2D eigenvalue weighted by Crippen LogP contribution is -2.31. The van der Waals surface area contributed by atoms with Crippen molar-refractivity contribution in [1.82, 2.24) is 4.98 Å². The summed E-state index contributed by atoms with van der Waals surface area (Å²) in [4.78, 5) is 47.7. The lowest BCUT2D eigenvalue weighted by molar-refractivity contribution is -0.119. The van der Waals surface area contributed by atoms with E-state index in [4.69, 9.17) is 16.3 Å². The van der Waals surface area contributed by atoms with Gasteiger partial charge in [0.2, 0.25) is 11.8 Å². The van der Waals surface area contributed by atoms with E-state index in [0.29, 0.717) is 48.9 Å². The first-order valence-electron chi connectivity index (χ1n) is 16.5. The molecule has 0 aliphatic carbocycles. The summed E-state index contributed by atoms with van der Waals surface area (Å²) >= 11 is 6.35. The maximum absolute atomic E-state index is 13.6. The topological polar surface area (TPSA) is 112 Å². The fourth-order valence-electron chi connectivity index (χ4n) is 6.89. The maximum atomic E-state index is 13.6. The van der Waals surface area contributed by atoms with Crippen LogP contribution in [-0.2, 0) is 20.7 Å². The zero-order chi connectivity index (χ0) is 34.6. The minimum atomic E-state index is -0.561. The predicted octanol–water partition coefficient (Wildman–Crippen LogP) is 8.51. The summed E-state index contributed by atoms with van der Waals surface area (Å²) in [6.07, 6.45) is 2.63. The molecule has 0 fully saturated rings. The highest BCUT2D eigenvalue weighted by Crippen LogP contribution is 2.45. The van der Waals surface area contributed by atoms with Gasteiger partial charge < -0.3 is 19.6 Å². The zero-order valence-electron chi connectivity index (χ0n) is 27.1. The number of aromatic nitrogens is 1. The Bertz CT molecular complexity index is 2080. The third kappa shape index (κ3) is 6.95. The van der Waals surface area contributed by atoms with Gasteiger partial charge in [-0.05, 0) is 63.7 Å². The molecule has 0 unspecified atom stereocenters. The van der Waals surface area contributed by atoms with Gasteiger partial charge in [-0.25, -0.2) is 9.78 Å². The molecule has 1 atom stereocenters. The number of benzene rings is 4. The molecule has 1 aromatic heterocycles. The maximum Gasteiger partial charge on any atom is 0.411 e. The van der Waals surface area contributed by atoms with E-state index < -0.39 is 6.09 Å². The number of phenols is 1. The minimum absolute atomic E-state index is 0.0474. The number of phenolic OH excluding ortho intramolecular Hbond substituents is 1. The molecule has 12 heteroatoms. The highest BCUT2D eigenvalue weighted by molar-refractivity contribution is 8.76. The van der Waals surface area contributed by atoms with Gasteiger partial charge in [0.05, 0.1) is 11.4 Å². The summed E-state index contributed by atoms with van der Waals surface area (Å²) in [5.74, 6) is 0.849. The Morgan fingerprint density at radius 1 is 0.900 bits per heavy atom. The fraction of sp³-hybridized carbons (Fsp3) is 0.263. The normalized spacial score (nSPS) is 14.9.